The van der Waals surface area contributed by atoms with E-state index in [9.17, 15) is 19.5 Å². The van der Waals surface area contributed by atoms with Gasteiger partial charge in [0.05, 0.1) is 11.6 Å². The van der Waals surface area contributed by atoms with Crippen molar-refractivity contribution >= 4 is 17.9 Å². The van der Waals surface area contributed by atoms with Gasteiger partial charge in [-0.15, -0.1) is 6.58 Å². The molecule has 0 spiro atoms. The van der Waals surface area contributed by atoms with Gasteiger partial charge in [-0.3, -0.25) is 9.59 Å². The van der Waals surface area contributed by atoms with Gasteiger partial charge in [0.1, 0.15) is 11.6 Å². The summed E-state index contributed by atoms with van der Waals surface area (Å²) in [7, 11) is 0. The molecule has 0 radical (unpaired) electrons. The molecule has 26 heavy (non-hydrogen) atoms. The number of nitrogens with zero attached hydrogens (tertiary/aromatic N) is 2. The van der Waals surface area contributed by atoms with Crippen LogP contribution in [0.5, 0.6) is 0 Å². The molecule has 2 N–H and O–H groups in total. The van der Waals surface area contributed by atoms with Crippen LogP contribution in [-0.2, 0) is 14.3 Å². The number of ether oxygens (including phenoxy) is 1. The SMILES string of the molecule is C=CCC1(NC(=O)[C@@H]2C[C@@H](O)CN2C(C)=O)CN(C(=O)OC(C)(C)C)C1. The Morgan fingerprint density at radius 1 is 1.35 bits per heavy atom. The summed E-state index contributed by atoms with van der Waals surface area (Å²) in [5.41, 5.74) is -1.20. The van der Waals surface area contributed by atoms with Crippen LogP contribution in [0.1, 0.15) is 40.5 Å². The number of carbonyl (C=O) groups is 3. The smallest absolute Gasteiger partial charge is 0.410 e. The van der Waals surface area contributed by atoms with Crippen molar-refractivity contribution in [3.8, 4) is 0 Å². The zero-order valence-electron chi connectivity index (χ0n) is 15.9. The van der Waals surface area contributed by atoms with Crippen molar-refractivity contribution in [1.29, 1.82) is 0 Å². The van der Waals surface area contributed by atoms with Gasteiger partial charge in [0.2, 0.25) is 11.8 Å². The summed E-state index contributed by atoms with van der Waals surface area (Å²) in [4.78, 5) is 39.5. The highest BCUT2D eigenvalue weighted by atomic mass is 16.6. The molecule has 0 saturated carbocycles. The summed E-state index contributed by atoms with van der Waals surface area (Å²) < 4.78 is 5.34. The molecule has 2 fully saturated rings. The molecule has 0 aliphatic carbocycles. The number of aliphatic hydroxyl groups is 1. The average molecular weight is 367 g/mol. The molecule has 2 heterocycles. The third-order valence-electron chi connectivity index (χ3n) is 4.55. The number of rotatable bonds is 4. The van der Waals surface area contributed by atoms with Crippen molar-refractivity contribution in [2.75, 3.05) is 19.6 Å². The fraction of sp³-hybridized carbons (Fsp3) is 0.722. The molecular weight excluding hydrogens is 338 g/mol. The van der Waals surface area contributed by atoms with Gasteiger partial charge in [0, 0.05) is 33.0 Å². The molecular formula is C18H29N3O5. The summed E-state index contributed by atoms with van der Waals surface area (Å²) in [6.07, 6.45) is 1.27. The van der Waals surface area contributed by atoms with Crippen LogP contribution in [0.25, 0.3) is 0 Å². The number of aliphatic hydroxyl groups excluding tert-OH is 1. The zero-order valence-corrected chi connectivity index (χ0v) is 15.9. The van der Waals surface area contributed by atoms with Crippen LogP contribution in [0.3, 0.4) is 0 Å². The highest BCUT2D eigenvalue weighted by molar-refractivity contribution is 5.88. The van der Waals surface area contributed by atoms with E-state index in [0.717, 1.165) is 0 Å². The van der Waals surface area contributed by atoms with E-state index in [0.29, 0.717) is 19.5 Å². The van der Waals surface area contributed by atoms with Crippen LogP contribution in [0.2, 0.25) is 0 Å². The number of β-amino-alcohol motifs (C(OH)–C–C–N with tert-alkyl or cyclic N) is 1. The van der Waals surface area contributed by atoms with E-state index in [1.165, 1.54) is 16.7 Å². The number of nitrogens with one attached hydrogen (secondary N) is 1. The van der Waals surface area contributed by atoms with Gasteiger partial charge in [0.15, 0.2) is 0 Å². The second-order valence-electron chi connectivity index (χ2n) is 8.18. The molecule has 8 heteroatoms. The number of amides is 3. The topological polar surface area (TPSA) is 99.2 Å². The fourth-order valence-electron chi connectivity index (χ4n) is 3.43. The Kier molecular flexibility index (Phi) is 5.65. The number of carbonyl (C=O) groups excluding carboxylic acids is 3. The monoisotopic (exact) mass is 367 g/mol. The summed E-state index contributed by atoms with van der Waals surface area (Å²) in [5, 5.41) is 12.8. The third kappa shape index (κ3) is 4.55. The predicted octanol–water partition coefficient (Wildman–Crippen LogP) is 0.650. The maximum atomic E-state index is 12.7. The first-order chi connectivity index (χ1) is 12.0. The van der Waals surface area contributed by atoms with Crippen LogP contribution in [0.15, 0.2) is 12.7 Å². The Morgan fingerprint density at radius 2 is 1.96 bits per heavy atom. The number of hydrogen-bond donors (Lipinski definition) is 2. The molecule has 0 aromatic heterocycles. The van der Waals surface area contributed by atoms with Gasteiger partial charge in [0.25, 0.3) is 0 Å². The number of likely N-dealkylation sites (tertiary alicyclic amines) is 2. The van der Waals surface area contributed by atoms with Crippen LogP contribution in [0.4, 0.5) is 4.79 Å². The Balaban J connectivity index is 2.01. The molecule has 146 valence electrons. The zero-order chi connectivity index (χ0) is 19.7. The average Bonchev–Trinajstić information content (AvgIpc) is 2.84. The highest BCUT2D eigenvalue weighted by Gasteiger charge is 2.49. The van der Waals surface area contributed by atoms with Crippen molar-refractivity contribution in [2.45, 2.75) is 63.8 Å². The Hall–Kier alpha value is -2.09. The van der Waals surface area contributed by atoms with Gasteiger partial charge in [-0.05, 0) is 27.2 Å². The van der Waals surface area contributed by atoms with Gasteiger partial charge in [-0.2, -0.15) is 0 Å². The Bertz CT molecular complexity index is 592. The molecule has 2 saturated heterocycles. The minimum absolute atomic E-state index is 0.159. The second-order valence-corrected chi connectivity index (χ2v) is 8.18. The second kappa shape index (κ2) is 7.26. The lowest BCUT2D eigenvalue weighted by molar-refractivity contribution is -0.139. The largest absolute Gasteiger partial charge is 0.444 e. The molecule has 2 aliphatic rings. The molecule has 0 bridgehead atoms. The van der Waals surface area contributed by atoms with E-state index in [-0.39, 0.29) is 24.8 Å². The maximum absolute atomic E-state index is 12.7. The first-order valence-electron chi connectivity index (χ1n) is 8.82. The predicted molar refractivity (Wildman–Crippen MR) is 95.3 cm³/mol. The minimum atomic E-state index is -0.704. The summed E-state index contributed by atoms with van der Waals surface area (Å²) in [6.45, 7) is 11.3. The highest BCUT2D eigenvalue weighted by Crippen LogP contribution is 2.28. The molecule has 2 aliphatic heterocycles. The summed E-state index contributed by atoms with van der Waals surface area (Å²) in [6, 6.07) is -0.695. The van der Waals surface area contributed by atoms with Crippen molar-refractivity contribution in [3.63, 3.8) is 0 Å². The third-order valence-corrected chi connectivity index (χ3v) is 4.55. The van der Waals surface area contributed by atoms with Gasteiger partial charge in [-0.25, -0.2) is 4.79 Å². The number of hydrogen-bond acceptors (Lipinski definition) is 5. The molecule has 0 unspecified atom stereocenters. The van der Waals surface area contributed by atoms with E-state index >= 15 is 0 Å². The fourth-order valence-corrected chi connectivity index (χ4v) is 3.43. The first kappa shape index (κ1) is 20.2. The van der Waals surface area contributed by atoms with Crippen molar-refractivity contribution < 1.29 is 24.2 Å². The Morgan fingerprint density at radius 3 is 2.46 bits per heavy atom. The van der Waals surface area contributed by atoms with E-state index in [1.807, 2.05) is 0 Å². The maximum Gasteiger partial charge on any atom is 0.410 e. The first-order valence-corrected chi connectivity index (χ1v) is 8.82. The van der Waals surface area contributed by atoms with Gasteiger partial charge < -0.3 is 25.0 Å². The lowest BCUT2D eigenvalue weighted by Crippen LogP contribution is -2.72. The van der Waals surface area contributed by atoms with E-state index in [2.05, 4.69) is 11.9 Å². The molecule has 3 amide bonds. The molecule has 0 aromatic rings. The van der Waals surface area contributed by atoms with Gasteiger partial charge >= 0.3 is 6.09 Å². The lowest BCUT2D eigenvalue weighted by Gasteiger charge is -2.50. The molecule has 8 nitrogen and oxygen atoms in total. The van der Waals surface area contributed by atoms with E-state index in [4.69, 9.17) is 4.74 Å². The summed E-state index contributed by atoms with van der Waals surface area (Å²) in [5.74, 6) is -0.564. The van der Waals surface area contributed by atoms with Crippen LogP contribution in [-0.4, -0.2) is 75.7 Å². The molecule has 0 aromatic carbocycles. The lowest BCUT2D eigenvalue weighted by atomic mass is 9.86. The van der Waals surface area contributed by atoms with Crippen LogP contribution < -0.4 is 5.32 Å². The molecule has 2 atom stereocenters. The minimum Gasteiger partial charge on any atom is -0.444 e. The Labute approximate surface area is 154 Å². The van der Waals surface area contributed by atoms with Crippen molar-refractivity contribution in [3.05, 3.63) is 12.7 Å². The summed E-state index contributed by atoms with van der Waals surface area (Å²) >= 11 is 0. The van der Waals surface area contributed by atoms with Crippen molar-refractivity contribution in [1.82, 2.24) is 15.1 Å². The standard InChI is InChI=1S/C18H29N3O5/c1-6-7-18(10-20(11-18)16(25)26-17(3,4)5)19-15(24)14-8-13(23)9-21(14)12(2)22/h6,13-14,23H,1,7-11H2,2-5H3,(H,19,24)/t13-,14+/m1/s1. The molecule has 2 rings (SSSR count). The van der Waals surface area contributed by atoms with E-state index in [1.54, 1.807) is 26.8 Å². The van der Waals surface area contributed by atoms with Gasteiger partial charge in [-0.1, -0.05) is 6.08 Å². The van der Waals surface area contributed by atoms with Crippen LogP contribution in [0, 0.1) is 0 Å². The normalized spacial score (nSPS) is 24.7. The van der Waals surface area contributed by atoms with Crippen LogP contribution >= 0.6 is 0 Å². The van der Waals surface area contributed by atoms with Crippen molar-refractivity contribution in [2.24, 2.45) is 0 Å². The quantitative estimate of drug-likeness (QED) is 0.711. The van der Waals surface area contributed by atoms with E-state index < -0.39 is 29.4 Å².